The van der Waals surface area contributed by atoms with E-state index in [9.17, 15) is 0 Å². The summed E-state index contributed by atoms with van der Waals surface area (Å²) in [6.07, 6.45) is 0.660. The molecule has 2 aromatic rings. The summed E-state index contributed by atoms with van der Waals surface area (Å²) in [6.45, 7) is 1.99. The molecule has 100 valence electrons. The van der Waals surface area contributed by atoms with Crippen LogP contribution in [0.3, 0.4) is 0 Å². The van der Waals surface area contributed by atoms with E-state index in [0.29, 0.717) is 6.42 Å². The number of rotatable bonds is 4. The molecule has 0 radical (unpaired) electrons. The molecular weight excluding hydrogens is 258 g/mol. The van der Waals surface area contributed by atoms with Crippen molar-refractivity contribution in [3.05, 3.63) is 64.7 Å². The summed E-state index contributed by atoms with van der Waals surface area (Å²) in [4.78, 5) is 0. The third-order valence-corrected chi connectivity index (χ3v) is 3.61. The lowest BCUT2D eigenvalue weighted by molar-refractivity contribution is 0.386. The lowest BCUT2D eigenvalue weighted by Crippen LogP contribution is -2.36. The molecule has 0 aliphatic rings. The molecule has 2 N–H and O–H groups in total. The van der Waals surface area contributed by atoms with Crippen LogP contribution >= 0.6 is 11.6 Å². The van der Waals surface area contributed by atoms with Gasteiger partial charge in [-0.25, -0.2) is 0 Å². The molecule has 2 aromatic carbocycles. The van der Waals surface area contributed by atoms with E-state index in [1.807, 2.05) is 55.5 Å². The minimum absolute atomic E-state index is 0.530. The molecule has 1 atom stereocenters. The average Bonchev–Trinajstić information content (AvgIpc) is 2.41. The van der Waals surface area contributed by atoms with Crippen LogP contribution < -0.4 is 10.5 Å². The third-order valence-electron chi connectivity index (χ3n) is 3.24. The molecule has 0 heterocycles. The van der Waals surface area contributed by atoms with E-state index in [-0.39, 0.29) is 0 Å². The van der Waals surface area contributed by atoms with E-state index >= 15 is 0 Å². The fourth-order valence-corrected chi connectivity index (χ4v) is 2.45. The first kappa shape index (κ1) is 13.9. The maximum atomic E-state index is 6.48. The largest absolute Gasteiger partial charge is 0.496 e. The summed E-state index contributed by atoms with van der Waals surface area (Å²) in [6, 6.07) is 15.6. The van der Waals surface area contributed by atoms with Crippen molar-refractivity contribution in [2.45, 2.75) is 18.9 Å². The Hall–Kier alpha value is -1.51. The van der Waals surface area contributed by atoms with Crippen molar-refractivity contribution in [1.29, 1.82) is 0 Å². The predicted octanol–water partition coefficient (Wildman–Crippen LogP) is 3.77. The van der Waals surface area contributed by atoms with Crippen molar-refractivity contribution < 1.29 is 4.74 Å². The summed E-state index contributed by atoms with van der Waals surface area (Å²) >= 11 is 6.20. The first-order valence-electron chi connectivity index (χ1n) is 6.20. The number of benzene rings is 2. The summed E-state index contributed by atoms with van der Waals surface area (Å²) in [5.74, 6) is 0.805. The number of methoxy groups -OCH3 is 1. The normalized spacial score (nSPS) is 13.9. The van der Waals surface area contributed by atoms with E-state index in [1.54, 1.807) is 7.11 Å². The van der Waals surface area contributed by atoms with Gasteiger partial charge in [-0.05, 0) is 31.0 Å². The highest BCUT2D eigenvalue weighted by atomic mass is 35.5. The van der Waals surface area contributed by atoms with Gasteiger partial charge in [-0.1, -0.05) is 48.0 Å². The molecule has 3 heteroatoms. The molecule has 0 saturated heterocycles. The van der Waals surface area contributed by atoms with Crippen LogP contribution in [0.4, 0.5) is 0 Å². The standard InChI is InChI=1S/C16H18ClNO/c1-16(18,11-12-7-3-5-9-14(12)17)13-8-4-6-10-15(13)19-2/h3-10H,11,18H2,1-2H3. The van der Waals surface area contributed by atoms with Gasteiger partial charge in [0.15, 0.2) is 0 Å². The minimum Gasteiger partial charge on any atom is -0.496 e. The summed E-state index contributed by atoms with van der Waals surface area (Å²) < 4.78 is 5.39. The minimum atomic E-state index is -0.530. The fraction of sp³-hybridized carbons (Fsp3) is 0.250. The van der Waals surface area contributed by atoms with E-state index in [4.69, 9.17) is 22.1 Å². The molecular formula is C16H18ClNO. The first-order valence-corrected chi connectivity index (χ1v) is 6.58. The number of nitrogens with two attached hydrogens (primary N) is 1. The molecule has 0 aromatic heterocycles. The van der Waals surface area contributed by atoms with Gasteiger partial charge < -0.3 is 10.5 Å². The summed E-state index contributed by atoms with van der Waals surface area (Å²) in [7, 11) is 1.66. The second-order valence-electron chi connectivity index (χ2n) is 4.89. The molecule has 0 aliphatic heterocycles. The highest BCUT2D eigenvalue weighted by molar-refractivity contribution is 6.31. The van der Waals surface area contributed by atoms with Gasteiger partial charge >= 0.3 is 0 Å². The van der Waals surface area contributed by atoms with Gasteiger partial charge in [-0.15, -0.1) is 0 Å². The van der Waals surface area contributed by atoms with Crippen LogP contribution in [-0.2, 0) is 12.0 Å². The Balaban J connectivity index is 2.35. The van der Waals surface area contributed by atoms with Crippen molar-refractivity contribution in [3.8, 4) is 5.75 Å². The third kappa shape index (κ3) is 3.09. The first-order chi connectivity index (χ1) is 9.04. The molecule has 0 amide bonds. The average molecular weight is 276 g/mol. The molecule has 0 spiro atoms. The number of ether oxygens (including phenoxy) is 1. The van der Waals surface area contributed by atoms with E-state index in [0.717, 1.165) is 21.9 Å². The Kier molecular flexibility index (Phi) is 4.13. The number of hydrogen-bond donors (Lipinski definition) is 1. The number of para-hydroxylation sites is 1. The van der Waals surface area contributed by atoms with Crippen molar-refractivity contribution >= 4 is 11.6 Å². The molecule has 2 nitrogen and oxygen atoms in total. The van der Waals surface area contributed by atoms with Crippen LogP contribution in [0.15, 0.2) is 48.5 Å². The Morgan fingerprint density at radius 2 is 1.74 bits per heavy atom. The SMILES string of the molecule is COc1ccccc1C(C)(N)Cc1ccccc1Cl. The monoisotopic (exact) mass is 275 g/mol. The van der Waals surface area contributed by atoms with Gasteiger partial charge in [0.05, 0.1) is 7.11 Å². The maximum absolute atomic E-state index is 6.48. The van der Waals surface area contributed by atoms with Crippen LogP contribution in [-0.4, -0.2) is 7.11 Å². The second-order valence-corrected chi connectivity index (χ2v) is 5.29. The van der Waals surface area contributed by atoms with Crippen LogP contribution in [0.25, 0.3) is 0 Å². The van der Waals surface area contributed by atoms with Gasteiger partial charge in [-0.3, -0.25) is 0 Å². The summed E-state index contributed by atoms with van der Waals surface area (Å²) in [5.41, 5.74) is 7.97. The zero-order valence-electron chi connectivity index (χ0n) is 11.2. The smallest absolute Gasteiger partial charge is 0.123 e. The lowest BCUT2D eigenvalue weighted by Gasteiger charge is -2.27. The Morgan fingerprint density at radius 1 is 1.11 bits per heavy atom. The van der Waals surface area contributed by atoms with E-state index in [2.05, 4.69) is 0 Å². The van der Waals surface area contributed by atoms with Gasteiger partial charge in [-0.2, -0.15) is 0 Å². The van der Waals surface area contributed by atoms with Crippen LogP contribution in [0, 0.1) is 0 Å². The van der Waals surface area contributed by atoms with Crippen molar-refractivity contribution in [2.24, 2.45) is 5.73 Å². The van der Waals surface area contributed by atoms with Crippen molar-refractivity contribution in [3.63, 3.8) is 0 Å². The Morgan fingerprint density at radius 3 is 2.42 bits per heavy atom. The van der Waals surface area contributed by atoms with Gasteiger partial charge in [0.25, 0.3) is 0 Å². The van der Waals surface area contributed by atoms with Crippen LogP contribution in [0.5, 0.6) is 5.75 Å². The number of halogens is 1. The quantitative estimate of drug-likeness (QED) is 0.922. The van der Waals surface area contributed by atoms with E-state index in [1.165, 1.54) is 0 Å². The molecule has 0 fully saturated rings. The van der Waals surface area contributed by atoms with Crippen LogP contribution in [0.1, 0.15) is 18.1 Å². The van der Waals surface area contributed by atoms with Gasteiger partial charge in [0, 0.05) is 16.1 Å². The van der Waals surface area contributed by atoms with Crippen molar-refractivity contribution in [1.82, 2.24) is 0 Å². The van der Waals surface area contributed by atoms with Crippen molar-refractivity contribution in [2.75, 3.05) is 7.11 Å². The molecule has 19 heavy (non-hydrogen) atoms. The molecule has 2 rings (SSSR count). The predicted molar refractivity (Wildman–Crippen MR) is 79.7 cm³/mol. The molecule has 0 saturated carbocycles. The fourth-order valence-electron chi connectivity index (χ4n) is 2.25. The Labute approximate surface area is 119 Å². The Bertz CT molecular complexity index is 566. The van der Waals surface area contributed by atoms with Gasteiger partial charge in [0.1, 0.15) is 5.75 Å². The highest BCUT2D eigenvalue weighted by Gasteiger charge is 2.25. The summed E-state index contributed by atoms with van der Waals surface area (Å²) in [5, 5.41) is 0.745. The second kappa shape index (κ2) is 5.64. The zero-order chi connectivity index (χ0) is 13.9. The number of hydrogen-bond acceptors (Lipinski definition) is 2. The van der Waals surface area contributed by atoms with Gasteiger partial charge in [0.2, 0.25) is 0 Å². The lowest BCUT2D eigenvalue weighted by atomic mass is 9.86. The molecule has 0 aliphatic carbocycles. The van der Waals surface area contributed by atoms with E-state index < -0.39 is 5.54 Å². The molecule has 0 bridgehead atoms. The maximum Gasteiger partial charge on any atom is 0.123 e. The zero-order valence-corrected chi connectivity index (χ0v) is 11.9. The topological polar surface area (TPSA) is 35.2 Å². The highest BCUT2D eigenvalue weighted by Crippen LogP contribution is 2.32. The molecule has 1 unspecified atom stereocenters. The van der Waals surface area contributed by atoms with Crippen LogP contribution in [0.2, 0.25) is 5.02 Å².